The Hall–Kier alpha value is -1.05. The third kappa shape index (κ3) is 1.82. The minimum absolute atomic E-state index is 0.112. The molecule has 0 aromatic heterocycles. The second-order valence-electron chi connectivity index (χ2n) is 6.59. The summed E-state index contributed by atoms with van der Waals surface area (Å²) in [5, 5.41) is 0. The van der Waals surface area contributed by atoms with Gasteiger partial charge in [0.05, 0.1) is 0 Å². The molecule has 3 aliphatic rings. The van der Waals surface area contributed by atoms with Crippen molar-refractivity contribution in [3.05, 3.63) is 23.8 Å². The van der Waals surface area contributed by atoms with Gasteiger partial charge in [-0.15, -0.1) is 0 Å². The number of rotatable bonds is 0. The second-order valence-corrected chi connectivity index (χ2v) is 6.59. The normalized spacial score (nSPS) is 43.7. The highest BCUT2D eigenvalue weighted by atomic mass is 16.6. The van der Waals surface area contributed by atoms with Crippen LogP contribution in [0.4, 0.5) is 0 Å². The lowest BCUT2D eigenvalue weighted by molar-refractivity contribution is -0.140. The molecule has 18 heavy (non-hydrogen) atoms. The molecule has 1 saturated carbocycles. The molecule has 2 aliphatic carbocycles. The van der Waals surface area contributed by atoms with E-state index in [1.807, 2.05) is 0 Å². The van der Waals surface area contributed by atoms with Crippen LogP contribution in [0.3, 0.4) is 0 Å². The molecule has 1 saturated heterocycles. The molecule has 0 N–H and O–H groups in total. The van der Waals surface area contributed by atoms with Gasteiger partial charge in [-0.1, -0.05) is 25.2 Å². The Morgan fingerprint density at radius 2 is 2.28 bits per heavy atom. The second kappa shape index (κ2) is 3.97. The van der Waals surface area contributed by atoms with Crippen molar-refractivity contribution >= 4 is 5.97 Å². The van der Waals surface area contributed by atoms with Crippen LogP contribution in [0.25, 0.3) is 0 Å². The van der Waals surface area contributed by atoms with E-state index in [9.17, 15) is 4.79 Å². The van der Waals surface area contributed by atoms with Gasteiger partial charge in [-0.3, -0.25) is 0 Å². The molecule has 1 aliphatic heterocycles. The smallest absolute Gasteiger partial charge is 0.334 e. The van der Waals surface area contributed by atoms with E-state index in [-0.39, 0.29) is 18.0 Å². The fourth-order valence-corrected chi connectivity index (χ4v) is 3.71. The van der Waals surface area contributed by atoms with Crippen LogP contribution in [0, 0.1) is 17.3 Å². The number of ether oxygens (including phenoxy) is 1. The molecule has 4 unspecified atom stereocenters. The summed E-state index contributed by atoms with van der Waals surface area (Å²) in [6.07, 6.45) is 8.18. The van der Waals surface area contributed by atoms with Crippen molar-refractivity contribution in [3.8, 4) is 0 Å². The SMILES string of the molecule is C=C1C(=O)OC2C1CCC(C)=CCCC1(C)CC21. The molecule has 0 aromatic rings. The maximum Gasteiger partial charge on any atom is 0.334 e. The zero-order chi connectivity index (χ0) is 12.9. The Morgan fingerprint density at radius 3 is 3.06 bits per heavy atom. The average molecular weight is 246 g/mol. The first-order valence-corrected chi connectivity index (χ1v) is 7.07. The highest BCUT2D eigenvalue weighted by Crippen LogP contribution is 2.61. The molecule has 0 amide bonds. The van der Waals surface area contributed by atoms with E-state index >= 15 is 0 Å². The maximum atomic E-state index is 11.8. The van der Waals surface area contributed by atoms with Crippen molar-refractivity contribution in [2.45, 2.75) is 52.1 Å². The van der Waals surface area contributed by atoms with Crippen molar-refractivity contribution in [1.29, 1.82) is 0 Å². The standard InChI is InChI=1S/C16H22O2/c1-10-5-4-8-16(3)9-13(16)14-12(7-6-10)11(2)15(17)18-14/h5,12-14H,2,4,6-9H2,1,3H3. The number of carbonyl (C=O) groups excluding carboxylic acids is 1. The van der Waals surface area contributed by atoms with Crippen LogP contribution in [0.15, 0.2) is 23.8 Å². The molecule has 0 radical (unpaired) electrons. The molecule has 2 heteroatoms. The van der Waals surface area contributed by atoms with Crippen LogP contribution < -0.4 is 0 Å². The van der Waals surface area contributed by atoms with Crippen LogP contribution in [-0.4, -0.2) is 12.1 Å². The molecule has 0 bridgehead atoms. The summed E-state index contributed by atoms with van der Waals surface area (Å²) in [6, 6.07) is 0. The van der Waals surface area contributed by atoms with Crippen molar-refractivity contribution in [2.75, 3.05) is 0 Å². The van der Waals surface area contributed by atoms with Crippen LogP contribution in [0.2, 0.25) is 0 Å². The first-order chi connectivity index (χ1) is 8.51. The zero-order valence-corrected chi connectivity index (χ0v) is 11.4. The Kier molecular flexibility index (Phi) is 2.65. The van der Waals surface area contributed by atoms with Gasteiger partial charge in [0.1, 0.15) is 6.10 Å². The van der Waals surface area contributed by atoms with Gasteiger partial charge in [0, 0.05) is 17.4 Å². The van der Waals surface area contributed by atoms with Gasteiger partial charge < -0.3 is 4.74 Å². The fourth-order valence-electron chi connectivity index (χ4n) is 3.71. The first kappa shape index (κ1) is 12.0. The topological polar surface area (TPSA) is 26.3 Å². The zero-order valence-electron chi connectivity index (χ0n) is 11.4. The predicted octanol–water partition coefficient (Wildman–Crippen LogP) is 3.63. The first-order valence-electron chi connectivity index (χ1n) is 7.07. The van der Waals surface area contributed by atoms with E-state index in [2.05, 4.69) is 26.5 Å². The molecule has 4 atom stereocenters. The summed E-state index contributed by atoms with van der Waals surface area (Å²) in [5.41, 5.74) is 2.55. The molecule has 98 valence electrons. The van der Waals surface area contributed by atoms with E-state index in [4.69, 9.17) is 4.74 Å². The van der Waals surface area contributed by atoms with Gasteiger partial charge in [0.2, 0.25) is 0 Å². The minimum Gasteiger partial charge on any atom is -0.458 e. The van der Waals surface area contributed by atoms with Crippen molar-refractivity contribution < 1.29 is 9.53 Å². The van der Waals surface area contributed by atoms with Crippen molar-refractivity contribution in [1.82, 2.24) is 0 Å². The largest absolute Gasteiger partial charge is 0.458 e. The van der Waals surface area contributed by atoms with E-state index in [0.717, 1.165) is 12.8 Å². The van der Waals surface area contributed by atoms with Gasteiger partial charge in [-0.2, -0.15) is 0 Å². The van der Waals surface area contributed by atoms with Gasteiger partial charge in [-0.25, -0.2) is 4.79 Å². The summed E-state index contributed by atoms with van der Waals surface area (Å²) < 4.78 is 5.61. The molecular weight excluding hydrogens is 224 g/mol. The van der Waals surface area contributed by atoms with E-state index in [1.165, 1.54) is 24.8 Å². The maximum absolute atomic E-state index is 11.8. The van der Waals surface area contributed by atoms with Gasteiger partial charge in [0.15, 0.2) is 0 Å². The molecule has 1 heterocycles. The lowest BCUT2D eigenvalue weighted by atomic mass is 9.84. The summed E-state index contributed by atoms with van der Waals surface area (Å²) in [6.45, 7) is 8.49. The number of allylic oxidation sites excluding steroid dienone is 2. The van der Waals surface area contributed by atoms with Crippen LogP contribution in [0.5, 0.6) is 0 Å². The van der Waals surface area contributed by atoms with Crippen LogP contribution in [-0.2, 0) is 9.53 Å². The highest BCUT2D eigenvalue weighted by molar-refractivity contribution is 5.90. The Balaban J connectivity index is 1.87. The van der Waals surface area contributed by atoms with Crippen molar-refractivity contribution in [3.63, 3.8) is 0 Å². The van der Waals surface area contributed by atoms with Gasteiger partial charge in [0.25, 0.3) is 0 Å². The summed E-state index contributed by atoms with van der Waals surface area (Å²) in [4.78, 5) is 11.8. The monoisotopic (exact) mass is 246 g/mol. The average Bonchev–Trinajstić information content (AvgIpc) is 2.90. The predicted molar refractivity (Wildman–Crippen MR) is 70.9 cm³/mol. The number of esters is 1. The van der Waals surface area contributed by atoms with Crippen molar-refractivity contribution in [2.24, 2.45) is 17.3 Å². The lowest BCUT2D eigenvalue weighted by Gasteiger charge is -2.22. The summed E-state index contributed by atoms with van der Waals surface area (Å²) >= 11 is 0. The Labute approximate surface area is 109 Å². The molecule has 2 fully saturated rings. The molecule has 3 rings (SSSR count). The molecule has 2 nitrogen and oxygen atoms in total. The van der Waals surface area contributed by atoms with Gasteiger partial charge in [-0.05, 0) is 44.4 Å². The molecule has 0 spiro atoms. The van der Waals surface area contributed by atoms with E-state index < -0.39 is 0 Å². The minimum atomic E-state index is -0.153. The fraction of sp³-hybridized carbons (Fsp3) is 0.688. The molecular formula is C16H22O2. The van der Waals surface area contributed by atoms with Crippen LogP contribution >= 0.6 is 0 Å². The number of carbonyl (C=O) groups is 1. The highest BCUT2D eigenvalue weighted by Gasteiger charge is 2.59. The number of hydrogen-bond donors (Lipinski definition) is 0. The Morgan fingerprint density at radius 1 is 1.50 bits per heavy atom. The summed E-state index contributed by atoms with van der Waals surface area (Å²) in [5.74, 6) is 0.670. The number of hydrogen-bond acceptors (Lipinski definition) is 2. The third-order valence-corrected chi connectivity index (χ3v) is 5.23. The number of fused-ring (bicyclic) bond motifs is 3. The Bertz CT molecular complexity index is 434. The quantitative estimate of drug-likeness (QED) is 0.370. The summed E-state index contributed by atoms with van der Waals surface area (Å²) in [7, 11) is 0. The molecule has 0 aromatic carbocycles. The third-order valence-electron chi connectivity index (χ3n) is 5.23. The van der Waals surface area contributed by atoms with E-state index in [1.54, 1.807) is 0 Å². The van der Waals surface area contributed by atoms with Gasteiger partial charge >= 0.3 is 5.97 Å². The lowest BCUT2D eigenvalue weighted by Crippen LogP contribution is -2.23. The van der Waals surface area contributed by atoms with E-state index in [0.29, 0.717) is 16.9 Å². The van der Waals surface area contributed by atoms with Crippen LogP contribution in [0.1, 0.15) is 46.0 Å².